The topological polar surface area (TPSA) is 60.0 Å². The zero-order valence-electron chi connectivity index (χ0n) is 13.3. The molecular weight excluding hydrogens is 290 g/mol. The molecular formula is C17H17N5O. The van der Waals surface area contributed by atoms with E-state index in [2.05, 4.69) is 32.8 Å². The molecule has 0 aliphatic heterocycles. The summed E-state index contributed by atoms with van der Waals surface area (Å²) in [7, 11) is 1.99. The molecule has 0 aliphatic carbocycles. The summed E-state index contributed by atoms with van der Waals surface area (Å²) in [5.74, 6) is 1.57. The van der Waals surface area contributed by atoms with Crippen molar-refractivity contribution in [3.63, 3.8) is 0 Å². The number of aryl methyl sites for hydroxylation is 2. The van der Waals surface area contributed by atoms with Crippen molar-refractivity contribution in [1.29, 1.82) is 0 Å². The van der Waals surface area contributed by atoms with Gasteiger partial charge < -0.3 is 13.9 Å². The van der Waals surface area contributed by atoms with Crippen molar-refractivity contribution in [3.05, 3.63) is 42.7 Å². The Balaban J connectivity index is 1.82. The third-order valence-corrected chi connectivity index (χ3v) is 3.98. The van der Waals surface area contributed by atoms with E-state index in [0.29, 0.717) is 5.89 Å². The highest BCUT2D eigenvalue weighted by Gasteiger charge is 2.13. The molecule has 6 nitrogen and oxygen atoms in total. The van der Waals surface area contributed by atoms with Crippen molar-refractivity contribution in [1.82, 2.24) is 19.5 Å². The number of aromatic nitrogens is 4. The lowest BCUT2D eigenvalue weighted by atomic mass is 10.2. The van der Waals surface area contributed by atoms with Crippen LogP contribution in [0.25, 0.3) is 22.1 Å². The summed E-state index contributed by atoms with van der Waals surface area (Å²) in [5.41, 5.74) is 4.67. The molecule has 0 fully saturated rings. The summed E-state index contributed by atoms with van der Waals surface area (Å²) < 4.78 is 7.55. The maximum atomic E-state index is 5.55. The van der Waals surface area contributed by atoms with Crippen molar-refractivity contribution in [2.75, 3.05) is 11.4 Å². The summed E-state index contributed by atoms with van der Waals surface area (Å²) in [4.78, 5) is 15.4. The van der Waals surface area contributed by atoms with Crippen LogP contribution in [0.2, 0.25) is 0 Å². The molecule has 0 saturated heterocycles. The molecule has 116 valence electrons. The quantitative estimate of drug-likeness (QED) is 0.579. The van der Waals surface area contributed by atoms with Crippen LogP contribution in [-0.2, 0) is 7.05 Å². The number of hydrogen-bond donors (Lipinski definition) is 0. The van der Waals surface area contributed by atoms with E-state index in [1.807, 2.05) is 42.9 Å². The van der Waals surface area contributed by atoms with Gasteiger partial charge in [-0.15, -0.1) is 0 Å². The van der Waals surface area contributed by atoms with E-state index in [1.54, 1.807) is 6.33 Å². The third-order valence-electron chi connectivity index (χ3n) is 3.98. The Morgan fingerprint density at radius 1 is 1.17 bits per heavy atom. The molecule has 0 amide bonds. The molecule has 0 unspecified atom stereocenters. The molecule has 4 rings (SSSR count). The molecule has 0 saturated carbocycles. The second-order valence-corrected chi connectivity index (χ2v) is 5.52. The molecule has 1 aromatic carbocycles. The minimum absolute atomic E-state index is 0.676. The average molecular weight is 307 g/mol. The fraction of sp³-hybridized carbons (Fsp3) is 0.235. The maximum Gasteiger partial charge on any atom is 0.192 e. The predicted molar refractivity (Wildman–Crippen MR) is 89.9 cm³/mol. The Kier molecular flexibility index (Phi) is 3.04. The van der Waals surface area contributed by atoms with Crippen LogP contribution in [0, 0.1) is 6.92 Å². The van der Waals surface area contributed by atoms with Crippen LogP contribution in [0.4, 0.5) is 11.5 Å². The number of benzene rings is 1. The zero-order valence-corrected chi connectivity index (χ0v) is 13.3. The minimum atomic E-state index is 0.676. The van der Waals surface area contributed by atoms with Gasteiger partial charge in [0.2, 0.25) is 0 Å². The zero-order chi connectivity index (χ0) is 16.0. The molecule has 0 aliphatic rings. The number of fused-ring (bicyclic) bond motifs is 2. The largest absolute Gasteiger partial charge is 0.441 e. The Hall–Kier alpha value is -2.89. The summed E-state index contributed by atoms with van der Waals surface area (Å²) in [6, 6.07) is 8.08. The molecule has 6 heteroatoms. The number of rotatable bonds is 3. The highest BCUT2D eigenvalue weighted by atomic mass is 16.3. The van der Waals surface area contributed by atoms with Gasteiger partial charge in [-0.05, 0) is 25.1 Å². The van der Waals surface area contributed by atoms with E-state index in [-0.39, 0.29) is 0 Å². The van der Waals surface area contributed by atoms with Gasteiger partial charge in [0.25, 0.3) is 0 Å². The number of hydrogen-bond acceptors (Lipinski definition) is 5. The van der Waals surface area contributed by atoms with Crippen LogP contribution in [-0.4, -0.2) is 26.1 Å². The van der Waals surface area contributed by atoms with E-state index in [9.17, 15) is 0 Å². The van der Waals surface area contributed by atoms with Gasteiger partial charge >= 0.3 is 0 Å². The molecule has 23 heavy (non-hydrogen) atoms. The van der Waals surface area contributed by atoms with Crippen LogP contribution in [0.1, 0.15) is 12.8 Å². The van der Waals surface area contributed by atoms with Gasteiger partial charge in [-0.25, -0.2) is 15.0 Å². The fourth-order valence-electron chi connectivity index (χ4n) is 2.84. The minimum Gasteiger partial charge on any atom is -0.441 e. The lowest BCUT2D eigenvalue weighted by Gasteiger charge is -2.22. The number of oxazole rings is 1. The van der Waals surface area contributed by atoms with Gasteiger partial charge in [0.15, 0.2) is 11.5 Å². The number of imidazole rings is 1. The van der Waals surface area contributed by atoms with Gasteiger partial charge in [0.1, 0.15) is 16.9 Å². The van der Waals surface area contributed by atoms with Crippen LogP contribution in [0.15, 0.2) is 41.2 Å². The van der Waals surface area contributed by atoms with Crippen molar-refractivity contribution in [2.45, 2.75) is 13.8 Å². The maximum absolute atomic E-state index is 5.55. The van der Waals surface area contributed by atoms with E-state index < -0.39 is 0 Å². The van der Waals surface area contributed by atoms with Crippen molar-refractivity contribution >= 4 is 33.6 Å². The van der Waals surface area contributed by atoms with Crippen molar-refractivity contribution < 1.29 is 4.42 Å². The molecule has 0 spiro atoms. The van der Waals surface area contributed by atoms with E-state index in [1.165, 1.54) is 0 Å². The first kappa shape index (κ1) is 13.8. The van der Waals surface area contributed by atoms with Crippen molar-refractivity contribution in [2.24, 2.45) is 7.05 Å². The summed E-state index contributed by atoms with van der Waals surface area (Å²) in [5, 5.41) is 0. The standard InChI is InChI=1S/C17H17N5O/c1-4-22(12-5-6-16-13(7-12)20-11(2)23-16)17-8-15-14(9-18-17)19-10-21(15)3/h5-10H,4H2,1-3H3. The Morgan fingerprint density at radius 3 is 2.87 bits per heavy atom. The van der Waals surface area contributed by atoms with E-state index in [0.717, 1.165) is 40.2 Å². The second-order valence-electron chi connectivity index (χ2n) is 5.52. The first-order chi connectivity index (χ1) is 11.2. The SMILES string of the molecule is CCN(c1ccc2oc(C)nc2c1)c1cc2c(cn1)ncn2C. The highest BCUT2D eigenvalue weighted by molar-refractivity contribution is 5.82. The van der Waals surface area contributed by atoms with Crippen molar-refractivity contribution in [3.8, 4) is 0 Å². The predicted octanol–water partition coefficient (Wildman–Crippen LogP) is 3.58. The first-order valence-corrected chi connectivity index (χ1v) is 7.57. The number of nitrogens with zero attached hydrogens (tertiary/aromatic N) is 5. The monoisotopic (exact) mass is 307 g/mol. The normalized spacial score (nSPS) is 11.4. The second kappa shape index (κ2) is 5.08. The molecule has 3 heterocycles. The Morgan fingerprint density at radius 2 is 2.04 bits per heavy atom. The summed E-state index contributed by atoms with van der Waals surface area (Å²) >= 11 is 0. The van der Waals surface area contributed by atoms with Gasteiger partial charge in [0.05, 0.1) is 18.0 Å². The lowest BCUT2D eigenvalue weighted by molar-refractivity contribution is 0.561. The van der Waals surface area contributed by atoms with Crippen LogP contribution in [0.3, 0.4) is 0 Å². The number of anilines is 2. The molecule has 3 aromatic heterocycles. The first-order valence-electron chi connectivity index (χ1n) is 7.57. The highest BCUT2D eigenvalue weighted by Crippen LogP contribution is 2.28. The summed E-state index contributed by atoms with van der Waals surface area (Å²) in [6.45, 7) is 4.77. The van der Waals surface area contributed by atoms with Gasteiger partial charge in [-0.3, -0.25) is 0 Å². The molecule has 4 aromatic rings. The van der Waals surface area contributed by atoms with Crippen LogP contribution in [0.5, 0.6) is 0 Å². The Labute approximate surface area is 133 Å². The number of pyridine rings is 1. The molecule has 0 radical (unpaired) electrons. The van der Waals surface area contributed by atoms with Gasteiger partial charge in [-0.2, -0.15) is 0 Å². The lowest BCUT2D eigenvalue weighted by Crippen LogP contribution is -2.17. The fourth-order valence-corrected chi connectivity index (χ4v) is 2.84. The smallest absolute Gasteiger partial charge is 0.192 e. The van der Waals surface area contributed by atoms with Gasteiger partial charge in [0, 0.05) is 32.3 Å². The molecule has 0 bridgehead atoms. The van der Waals surface area contributed by atoms with Crippen LogP contribution < -0.4 is 4.90 Å². The third kappa shape index (κ3) is 2.23. The van der Waals surface area contributed by atoms with Crippen LogP contribution >= 0.6 is 0 Å². The average Bonchev–Trinajstić information content (AvgIpc) is 3.10. The molecule has 0 atom stereocenters. The van der Waals surface area contributed by atoms with E-state index in [4.69, 9.17) is 4.42 Å². The molecule has 0 N–H and O–H groups in total. The summed E-state index contributed by atoms with van der Waals surface area (Å²) in [6.07, 6.45) is 3.61. The van der Waals surface area contributed by atoms with Gasteiger partial charge in [-0.1, -0.05) is 0 Å². The van der Waals surface area contributed by atoms with E-state index >= 15 is 0 Å². The Bertz CT molecular complexity index is 1000.